The summed E-state index contributed by atoms with van der Waals surface area (Å²) in [7, 11) is 0. The lowest BCUT2D eigenvalue weighted by molar-refractivity contribution is 0.409. The molecule has 2 nitrogen and oxygen atoms in total. The Morgan fingerprint density at radius 1 is 1.17 bits per heavy atom. The molecule has 18 heavy (non-hydrogen) atoms. The second-order valence-electron chi connectivity index (χ2n) is 4.10. The fourth-order valence-electron chi connectivity index (χ4n) is 1.70. The average molecular weight is 249 g/mol. The van der Waals surface area contributed by atoms with Crippen molar-refractivity contribution in [1.82, 2.24) is 0 Å². The van der Waals surface area contributed by atoms with Gasteiger partial charge in [0.1, 0.15) is 0 Å². The molecule has 0 unspecified atom stereocenters. The van der Waals surface area contributed by atoms with Gasteiger partial charge in [-0.15, -0.1) is 0 Å². The zero-order chi connectivity index (χ0) is 13.1. The lowest BCUT2D eigenvalue weighted by Gasteiger charge is -2.09. The van der Waals surface area contributed by atoms with Gasteiger partial charge in [-0.2, -0.15) is 4.39 Å². The predicted molar refractivity (Wildman–Crippen MR) is 66.5 cm³/mol. The van der Waals surface area contributed by atoms with Gasteiger partial charge in [0.05, 0.1) is 5.69 Å². The molecule has 0 saturated carbocycles. The molecule has 0 aliphatic heterocycles. The molecule has 0 aliphatic carbocycles. The largest absolute Gasteiger partial charge is 0.503 e. The van der Waals surface area contributed by atoms with Crippen LogP contribution in [0.3, 0.4) is 0 Å². The van der Waals surface area contributed by atoms with Crippen molar-refractivity contribution in [2.45, 2.75) is 13.5 Å². The lowest BCUT2D eigenvalue weighted by Crippen LogP contribution is -2.01. The highest BCUT2D eigenvalue weighted by atomic mass is 19.2. The van der Waals surface area contributed by atoms with Crippen LogP contribution in [0, 0.1) is 18.6 Å². The first-order valence-corrected chi connectivity index (χ1v) is 5.54. The smallest absolute Gasteiger partial charge is 0.202 e. The van der Waals surface area contributed by atoms with Gasteiger partial charge in [0.15, 0.2) is 11.6 Å². The highest BCUT2D eigenvalue weighted by molar-refractivity contribution is 5.56. The van der Waals surface area contributed by atoms with Crippen molar-refractivity contribution >= 4 is 5.69 Å². The number of hydrogen-bond acceptors (Lipinski definition) is 2. The molecule has 4 heteroatoms. The first-order valence-electron chi connectivity index (χ1n) is 5.54. The number of aryl methyl sites for hydroxylation is 1. The van der Waals surface area contributed by atoms with E-state index < -0.39 is 17.4 Å². The standard InChI is InChI=1S/C14H13F2NO/c1-9-3-2-4-10(7-9)8-17-12-6-5-11(15)13(16)14(12)18/h2-7,17-18H,8H2,1H3. The van der Waals surface area contributed by atoms with Gasteiger partial charge in [-0.1, -0.05) is 29.8 Å². The molecule has 0 atom stereocenters. The number of benzene rings is 2. The Hall–Kier alpha value is -2.10. The van der Waals surface area contributed by atoms with E-state index in [1.807, 2.05) is 31.2 Å². The molecule has 2 N–H and O–H groups in total. The van der Waals surface area contributed by atoms with E-state index in [9.17, 15) is 13.9 Å². The summed E-state index contributed by atoms with van der Waals surface area (Å²) in [6.07, 6.45) is 0. The van der Waals surface area contributed by atoms with Crippen molar-refractivity contribution in [3.63, 3.8) is 0 Å². The Bertz CT molecular complexity index is 570. The topological polar surface area (TPSA) is 32.3 Å². The predicted octanol–water partition coefficient (Wildman–Crippen LogP) is 3.59. The summed E-state index contributed by atoms with van der Waals surface area (Å²) < 4.78 is 25.9. The second kappa shape index (κ2) is 5.04. The molecule has 0 aliphatic rings. The molecule has 2 aromatic carbocycles. The average Bonchev–Trinajstić information content (AvgIpc) is 2.35. The molecule has 0 saturated heterocycles. The monoisotopic (exact) mass is 249 g/mol. The van der Waals surface area contributed by atoms with Gasteiger partial charge >= 0.3 is 0 Å². The number of aromatic hydroxyl groups is 1. The van der Waals surface area contributed by atoms with E-state index in [4.69, 9.17) is 0 Å². The number of phenols is 1. The quantitative estimate of drug-likeness (QED) is 0.815. The summed E-state index contributed by atoms with van der Waals surface area (Å²) >= 11 is 0. The molecular formula is C14H13F2NO. The number of phenolic OH excluding ortho intramolecular Hbond substituents is 1. The van der Waals surface area contributed by atoms with Gasteiger partial charge in [-0.3, -0.25) is 0 Å². The van der Waals surface area contributed by atoms with Crippen LogP contribution in [0.15, 0.2) is 36.4 Å². The first-order chi connectivity index (χ1) is 8.58. The SMILES string of the molecule is Cc1cccc(CNc2ccc(F)c(F)c2O)c1. The molecule has 0 heterocycles. The number of nitrogens with one attached hydrogen (secondary N) is 1. The van der Waals surface area contributed by atoms with Gasteiger partial charge in [-0.25, -0.2) is 4.39 Å². The molecule has 0 aromatic heterocycles. The fourth-order valence-corrected chi connectivity index (χ4v) is 1.70. The van der Waals surface area contributed by atoms with E-state index in [1.165, 1.54) is 6.07 Å². The summed E-state index contributed by atoms with van der Waals surface area (Å²) in [6.45, 7) is 2.40. The Morgan fingerprint density at radius 2 is 1.94 bits per heavy atom. The van der Waals surface area contributed by atoms with Crippen LogP contribution in [0.2, 0.25) is 0 Å². The van der Waals surface area contributed by atoms with Crippen LogP contribution in [0.4, 0.5) is 14.5 Å². The summed E-state index contributed by atoms with van der Waals surface area (Å²) in [5, 5.41) is 12.3. The summed E-state index contributed by atoms with van der Waals surface area (Å²) in [5.41, 5.74) is 2.29. The molecule has 0 bridgehead atoms. The van der Waals surface area contributed by atoms with Gasteiger partial charge in [-0.05, 0) is 24.6 Å². The van der Waals surface area contributed by atoms with Gasteiger partial charge in [0, 0.05) is 6.54 Å². The van der Waals surface area contributed by atoms with Crippen molar-refractivity contribution in [3.05, 3.63) is 59.2 Å². The summed E-state index contributed by atoms with van der Waals surface area (Å²) in [5.74, 6) is -2.99. The zero-order valence-electron chi connectivity index (χ0n) is 9.87. The maximum atomic E-state index is 13.1. The molecule has 94 valence electrons. The zero-order valence-corrected chi connectivity index (χ0v) is 9.87. The minimum Gasteiger partial charge on any atom is -0.503 e. The highest BCUT2D eigenvalue weighted by Gasteiger charge is 2.11. The van der Waals surface area contributed by atoms with Crippen LogP contribution in [0.1, 0.15) is 11.1 Å². The van der Waals surface area contributed by atoms with Crippen LogP contribution in [0.25, 0.3) is 0 Å². The Labute approximate surface area is 104 Å². The third kappa shape index (κ3) is 2.59. The molecule has 0 amide bonds. The van der Waals surface area contributed by atoms with E-state index in [0.717, 1.165) is 17.2 Å². The summed E-state index contributed by atoms with van der Waals surface area (Å²) in [4.78, 5) is 0. The van der Waals surface area contributed by atoms with Crippen LogP contribution in [-0.2, 0) is 6.54 Å². The first kappa shape index (κ1) is 12.4. The van der Waals surface area contributed by atoms with Crippen LogP contribution < -0.4 is 5.32 Å². The lowest BCUT2D eigenvalue weighted by atomic mass is 10.1. The van der Waals surface area contributed by atoms with Crippen molar-refractivity contribution < 1.29 is 13.9 Å². The van der Waals surface area contributed by atoms with Crippen LogP contribution in [-0.4, -0.2) is 5.11 Å². The Balaban J connectivity index is 2.14. The molecule has 2 aromatic rings. The van der Waals surface area contributed by atoms with E-state index >= 15 is 0 Å². The van der Waals surface area contributed by atoms with Crippen LogP contribution >= 0.6 is 0 Å². The van der Waals surface area contributed by atoms with E-state index in [0.29, 0.717) is 6.54 Å². The Morgan fingerprint density at radius 3 is 2.67 bits per heavy atom. The fraction of sp³-hybridized carbons (Fsp3) is 0.143. The van der Waals surface area contributed by atoms with Gasteiger partial charge < -0.3 is 10.4 Å². The Kier molecular flexibility index (Phi) is 3.46. The third-order valence-corrected chi connectivity index (χ3v) is 2.63. The molecule has 0 spiro atoms. The van der Waals surface area contributed by atoms with Crippen molar-refractivity contribution in [1.29, 1.82) is 0 Å². The molecule has 0 radical (unpaired) electrons. The van der Waals surface area contributed by atoms with E-state index in [-0.39, 0.29) is 5.69 Å². The van der Waals surface area contributed by atoms with Gasteiger partial charge in [0.2, 0.25) is 5.82 Å². The second-order valence-corrected chi connectivity index (χ2v) is 4.10. The summed E-state index contributed by atoms with van der Waals surface area (Å²) in [6, 6.07) is 10.1. The van der Waals surface area contributed by atoms with Crippen LogP contribution in [0.5, 0.6) is 5.75 Å². The third-order valence-electron chi connectivity index (χ3n) is 2.63. The normalized spacial score (nSPS) is 10.4. The minimum atomic E-state index is -1.23. The van der Waals surface area contributed by atoms with E-state index in [2.05, 4.69) is 5.32 Å². The van der Waals surface area contributed by atoms with Gasteiger partial charge in [0.25, 0.3) is 0 Å². The van der Waals surface area contributed by atoms with E-state index in [1.54, 1.807) is 0 Å². The number of halogens is 2. The molecule has 0 fully saturated rings. The molecule has 2 rings (SSSR count). The van der Waals surface area contributed by atoms with Crippen molar-refractivity contribution in [2.24, 2.45) is 0 Å². The molecular weight excluding hydrogens is 236 g/mol. The number of rotatable bonds is 3. The van der Waals surface area contributed by atoms with Crippen molar-refractivity contribution in [2.75, 3.05) is 5.32 Å². The van der Waals surface area contributed by atoms with Crippen molar-refractivity contribution in [3.8, 4) is 5.75 Å². The maximum absolute atomic E-state index is 13.1. The maximum Gasteiger partial charge on any atom is 0.202 e. The highest BCUT2D eigenvalue weighted by Crippen LogP contribution is 2.28. The number of anilines is 1. The number of hydrogen-bond donors (Lipinski definition) is 2. The minimum absolute atomic E-state index is 0.176.